The molecule has 2 aromatic rings. The van der Waals surface area contributed by atoms with E-state index in [0.717, 1.165) is 25.5 Å². The minimum absolute atomic E-state index is 0.0344. The highest BCUT2D eigenvalue weighted by atomic mass is 35.5. The Bertz CT molecular complexity index is 926. The largest absolute Gasteiger partial charge is 0.393 e. The number of hydrogen-bond donors (Lipinski definition) is 2. The van der Waals surface area contributed by atoms with Crippen molar-refractivity contribution >= 4 is 33.0 Å². The number of carbonyl (C=O) groups is 1. The SMILES string of the molecule is CS(=O)(=O)c1cc(Cl)cc(NC(=O)c2cnn(C3CCCC(O)C3)c2)c1. The van der Waals surface area contributed by atoms with Gasteiger partial charge in [0.05, 0.1) is 28.8 Å². The Morgan fingerprint density at radius 3 is 2.81 bits per heavy atom. The van der Waals surface area contributed by atoms with Crippen LogP contribution in [-0.4, -0.2) is 41.6 Å². The van der Waals surface area contributed by atoms with Crippen molar-refractivity contribution in [3.8, 4) is 0 Å². The molecule has 1 fully saturated rings. The molecule has 0 radical (unpaired) electrons. The fraction of sp³-hybridized carbons (Fsp3) is 0.412. The Morgan fingerprint density at radius 1 is 1.35 bits per heavy atom. The molecule has 26 heavy (non-hydrogen) atoms. The minimum Gasteiger partial charge on any atom is -0.393 e. The Balaban J connectivity index is 1.76. The number of aliphatic hydroxyl groups is 1. The first-order valence-electron chi connectivity index (χ1n) is 8.26. The highest BCUT2D eigenvalue weighted by Crippen LogP contribution is 2.28. The third-order valence-corrected chi connectivity index (χ3v) is 5.72. The molecule has 0 bridgehead atoms. The van der Waals surface area contributed by atoms with Gasteiger partial charge in [-0.25, -0.2) is 8.42 Å². The first-order valence-corrected chi connectivity index (χ1v) is 10.5. The number of aliphatic hydroxyl groups excluding tert-OH is 1. The number of nitrogens with zero attached hydrogens (tertiary/aromatic N) is 2. The van der Waals surface area contributed by atoms with E-state index in [1.807, 2.05) is 0 Å². The van der Waals surface area contributed by atoms with Crippen LogP contribution in [0.3, 0.4) is 0 Å². The standard InChI is InChI=1S/C17H20ClN3O4S/c1-26(24,25)16-6-12(18)5-13(7-16)20-17(23)11-9-19-21(10-11)14-3-2-4-15(22)8-14/h5-7,9-10,14-15,22H,2-4,8H2,1H3,(H,20,23). The molecule has 3 rings (SSSR count). The van der Waals surface area contributed by atoms with E-state index in [2.05, 4.69) is 10.4 Å². The first-order chi connectivity index (χ1) is 12.2. The second-order valence-electron chi connectivity index (χ2n) is 6.59. The Morgan fingerprint density at radius 2 is 2.12 bits per heavy atom. The average Bonchev–Trinajstić information content (AvgIpc) is 3.03. The predicted octanol–water partition coefficient (Wildman–Crippen LogP) is 2.67. The van der Waals surface area contributed by atoms with Crippen molar-refractivity contribution < 1.29 is 18.3 Å². The van der Waals surface area contributed by atoms with E-state index in [1.54, 1.807) is 10.9 Å². The van der Waals surface area contributed by atoms with Crippen molar-refractivity contribution in [2.75, 3.05) is 11.6 Å². The van der Waals surface area contributed by atoms with Gasteiger partial charge in [-0.3, -0.25) is 9.48 Å². The fourth-order valence-corrected chi connectivity index (χ4v) is 4.07. The minimum atomic E-state index is -3.44. The van der Waals surface area contributed by atoms with E-state index in [-0.39, 0.29) is 22.1 Å². The molecule has 1 aromatic heterocycles. The van der Waals surface area contributed by atoms with Crippen LogP contribution in [0.4, 0.5) is 5.69 Å². The lowest BCUT2D eigenvalue weighted by molar-refractivity contribution is 0.0999. The normalized spacial score (nSPS) is 20.7. The van der Waals surface area contributed by atoms with Gasteiger partial charge in [-0.15, -0.1) is 0 Å². The number of benzene rings is 1. The maximum absolute atomic E-state index is 12.4. The van der Waals surface area contributed by atoms with Gasteiger partial charge in [0.25, 0.3) is 5.91 Å². The van der Waals surface area contributed by atoms with Gasteiger partial charge in [-0.1, -0.05) is 11.6 Å². The average molecular weight is 398 g/mol. The highest BCUT2D eigenvalue weighted by Gasteiger charge is 2.23. The summed E-state index contributed by atoms with van der Waals surface area (Å²) in [7, 11) is -3.44. The molecule has 1 aliphatic rings. The maximum Gasteiger partial charge on any atom is 0.258 e. The third-order valence-electron chi connectivity index (χ3n) is 4.41. The van der Waals surface area contributed by atoms with Gasteiger partial charge in [-0.05, 0) is 43.9 Å². The molecular weight excluding hydrogens is 378 g/mol. The summed E-state index contributed by atoms with van der Waals surface area (Å²) in [5.74, 6) is -0.408. The molecule has 1 aliphatic carbocycles. The molecule has 1 amide bonds. The Labute approximate surface area is 156 Å². The summed E-state index contributed by atoms with van der Waals surface area (Å²) in [6.07, 6.45) is 7.08. The van der Waals surface area contributed by atoms with Crippen molar-refractivity contribution in [3.05, 3.63) is 41.2 Å². The Kier molecular flexibility index (Phi) is 5.36. The molecule has 2 unspecified atom stereocenters. The summed E-state index contributed by atoms with van der Waals surface area (Å²) in [5.41, 5.74) is 0.648. The predicted molar refractivity (Wildman–Crippen MR) is 98.3 cm³/mol. The number of aromatic nitrogens is 2. The van der Waals surface area contributed by atoms with Crippen LogP contribution >= 0.6 is 11.6 Å². The molecule has 0 spiro atoms. The van der Waals surface area contributed by atoms with Crippen LogP contribution in [0, 0.1) is 0 Å². The van der Waals surface area contributed by atoms with Crippen LogP contribution in [0.15, 0.2) is 35.5 Å². The maximum atomic E-state index is 12.4. The van der Waals surface area contributed by atoms with Crippen molar-refractivity contribution in [3.63, 3.8) is 0 Å². The van der Waals surface area contributed by atoms with E-state index in [4.69, 9.17) is 11.6 Å². The number of hydrogen-bond acceptors (Lipinski definition) is 5. The quantitative estimate of drug-likeness (QED) is 0.825. The number of carbonyl (C=O) groups excluding carboxylic acids is 1. The molecule has 7 nitrogen and oxygen atoms in total. The third kappa shape index (κ3) is 4.44. The van der Waals surface area contributed by atoms with Crippen LogP contribution in [0.1, 0.15) is 42.1 Å². The molecule has 1 saturated carbocycles. The van der Waals surface area contributed by atoms with Gasteiger partial charge < -0.3 is 10.4 Å². The molecule has 9 heteroatoms. The summed E-state index contributed by atoms with van der Waals surface area (Å²) >= 11 is 5.95. The van der Waals surface area contributed by atoms with E-state index in [9.17, 15) is 18.3 Å². The molecule has 0 saturated heterocycles. The summed E-state index contributed by atoms with van der Waals surface area (Å²) in [5, 5.41) is 16.9. The van der Waals surface area contributed by atoms with Gasteiger partial charge in [-0.2, -0.15) is 5.10 Å². The van der Waals surface area contributed by atoms with Gasteiger partial charge in [0, 0.05) is 23.2 Å². The van der Waals surface area contributed by atoms with Crippen LogP contribution in [0.5, 0.6) is 0 Å². The summed E-state index contributed by atoms with van der Waals surface area (Å²) in [6.45, 7) is 0. The monoisotopic (exact) mass is 397 g/mol. The van der Waals surface area contributed by atoms with Crippen molar-refractivity contribution in [2.24, 2.45) is 0 Å². The van der Waals surface area contributed by atoms with Crippen molar-refractivity contribution in [1.82, 2.24) is 9.78 Å². The first kappa shape index (κ1) is 18.9. The zero-order valence-corrected chi connectivity index (χ0v) is 15.8. The van der Waals surface area contributed by atoms with E-state index >= 15 is 0 Å². The summed E-state index contributed by atoms with van der Waals surface area (Å²) in [6, 6.07) is 4.25. The lowest BCUT2D eigenvalue weighted by Crippen LogP contribution is -2.22. The van der Waals surface area contributed by atoms with Crippen molar-refractivity contribution in [2.45, 2.75) is 42.7 Å². The Hall–Kier alpha value is -1.90. The smallest absolute Gasteiger partial charge is 0.258 e. The zero-order chi connectivity index (χ0) is 18.9. The lowest BCUT2D eigenvalue weighted by atomic mass is 9.93. The molecular formula is C17H20ClN3O4S. The van der Waals surface area contributed by atoms with Crippen molar-refractivity contribution in [1.29, 1.82) is 0 Å². The van der Waals surface area contributed by atoms with Gasteiger partial charge in [0.2, 0.25) is 0 Å². The van der Waals surface area contributed by atoms with Gasteiger partial charge in [0.1, 0.15) is 0 Å². The zero-order valence-electron chi connectivity index (χ0n) is 14.2. The van der Waals surface area contributed by atoms with Gasteiger partial charge >= 0.3 is 0 Å². The molecule has 2 atom stereocenters. The van der Waals surface area contributed by atoms with Crippen LogP contribution in [0.25, 0.3) is 0 Å². The molecule has 2 N–H and O–H groups in total. The fourth-order valence-electron chi connectivity index (χ4n) is 3.09. The van der Waals surface area contributed by atoms with Crippen LogP contribution < -0.4 is 5.32 Å². The summed E-state index contributed by atoms with van der Waals surface area (Å²) < 4.78 is 25.1. The number of nitrogens with one attached hydrogen (secondary N) is 1. The number of rotatable bonds is 4. The topological polar surface area (TPSA) is 101 Å². The van der Waals surface area contributed by atoms with E-state index in [1.165, 1.54) is 24.4 Å². The second-order valence-corrected chi connectivity index (χ2v) is 9.04. The van der Waals surface area contributed by atoms with Gasteiger partial charge in [0.15, 0.2) is 9.84 Å². The highest BCUT2D eigenvalue weighted by molar-refractivity contribution is 7.90. The van der Waals surface area contributed by atoms with E-state index in [0.29, 0.717) is 17.7 Å². The summed E-state index contributed by atoms with van der Waals surface area (Å²) in [4.78, 5) is 12.5. The molecule has 1 aromatic carbocycles. The number of sulfone groups is 1. The molecule has 140 valence electrons. The van der Waals surface area contributed by atoms with Crippen LogP contribution in [0.2, 0.25) is 5.02 Å². The number of amides is 1. The molecule has 0 aliphatic heterocycles. The molecule has 1 heterocycles. The van der Waals surface area contributed by atoms with E-state index < -0.39 is 15.7 Å². The number of anilines is 1. The second kappa shape index (κ2) is 7.38. The lowest BCUT2D eigenvalue weighted by Gasteiger charge is -2.25. The number of halogens is 1. The van der Waals surface area contributed by atoms with Crippen LogP contribution in [-0.2, 0) is 9.84 Å².